The van der Waals surface area contributed by atoms with E-state index in [-0.39, 0.29) is 19.8 Å². The molecule has 3 aromatic rings. The smallest absolute Gasteiger partial charge is 0.134 e. The van der Waals surface area contributed by atoms with Crippen LogP contribution in [-0.4, -0.2) is 83.8 Å². The second-order valence-corrected chi connectivity index (χ2v) is 7.94. The van der Waals surface area contributed by atoms with Crippen LogP contribution in [0.25, 0.3) is 10.4 Å². The first-order valence-corrected chi connectivity index (χ1v) is 12.0. The molecule has 0 aliphatic rings. The molecule has 15 heteroatoms. The summed E-state index contributed by atoms with van der Waals surface area (Å²) in [6.45, 7) is 4.87. The molecule has 3 rings (SSSR count). The van der Waals surface area contributed by atoms with Gasteiger partial charge in [-0.1, -0.05) is 15.5 Å². The molecule has 2 aromatic heterocycles. The molecule has 0 unspecified atom stereocenters. The molecule has 0 saturated heterocycles. The third-order valence-corrected chi connectivity index (χ3v) is 5.00. The number of methoxy groups -OCH3 is 2. The third-order valence-electron chi connectivity index (χ3n) is 5.00. The number of rotatable bonds is 20. The van der Waals surface area contributed by atoms with Crippen molar-refractivity contribution in [2.45, 2.75) is 32.8 Å². The zero-order valence-electron chi connectivity index (χ0n) is 21.6. The monoisotopic (exact) mass is 531 g/mol. The summed E-state index contributed by atoms with van der Waals surface area (Å²) in [5, 5.41) is 20.1. The average Bonchev–Trinajstić information content (AvgIpc) is 3.59. The van der Waals surface area contributed by atoms with Crippen LogP contribution in [0.4, 0.5) is 0 Å². The lowest BCUT2D eigenvalue weighted by Crippen LogP contribution is -2.09. The molecule has 0 N–H and O–H groups in total. The summed E-state index contributed by atoms with van der Waals surface area (Å²) in [5.41, 5.74) is 10.8. The molecule has 0 fully saturated rings. The van der Waals surface area contributed by atoms with E-state index >= 15 is 0 Å². The largest absolute Gasteiger partial charge is 0.487 e. The number of benzene rings is 1. The van der Waals surface area contributed by atoms with Crippen LogP contribution in [-0.2, 0) is 51.8 Å². The molecule has 0 amide bonds. The Balaban J connectivity index is 1.52. The minimum absolute atomic E-state index is 0.155. The maximum absolute atomic E-state index is 8.71. The Morgan fingerprint density at radius 3 is 1.76 bits per heavy atom. The highest BCUT2D eigenvalue weighted by Crippen LogP contribution is 2.25. The minimum Gasteiger partial charge on any atom is -0.487 e. The van der Waals surface area contributed by atoms with Gasteiger partial charge in [0.1, 0.15) is 36.1 Å². The van der Waals surface area contributed by atoms with Crippen LogP contribution in [0.1, 0.15) is 17.0 Å². The van der Waals surface area contributed by atoms with Crippen LogP contribution in [0.3, 0.4) is 0 Å². The lowest BCUT2D eigenvalue weighted by molar-refractivity contribution is 0.0652. The predicted molar refractivity (Wildman–Crippen MR) is 133 cm³/mol. The number of azide groups is 1. The molecule has 0 atom stereocenters. The first-order chi connectivity index (χ1) is 18.7. The van der Waals surface area contributed by atoms with E-state index in [1.54, 1.807) is 54.2 Å². The Hall–Kier alpha value is -3.75. The van der Waals surface area contributed by atoms with Gasteiger partial charge in [0.05, 0.1) is 71.7 Å². The van der Waals surface area contributed by atoms with E-state index in [2.05, 4.69) is 30.7 Å². The zero-order chi connectivity index (χ0) is 26.8. The fourth-order valence-electron chi connectivity index (χ4n) is 3.15. The van der Waals surface area contributed by atoms with Crippen molar-refractivity contribution < 1.29 is 28.4 Å². The molecule has 0 aliphatic heterocycles. The highest BCUT2D eigenvalue weighted by molar-refractivity contribution is 5.38. The maximum atomic E-state index is 8.71. The zero-order valence-corrected chi connectivity index (χ0v) is 21.6. The van der Waals surface area contributed by atoms with Gasteiger partial charge in [-0.3, -0.25) is 0 Å². The quantitative estimate of drug-likeness (QED) is 0.0912. The average molecular weight is 532 g/mol. The summed E-state index contributed by atoms with van der Waals surface area (Å²) in [6, 6.07) is 5.33. The van der Waals surface area contributed by atoms with Gasteiger partial charge in [0.15, 0.2) is 0 Å². The van der Waals surface area contributed by atoms with Gasteiger partial charge < -0.3 is 28.4 Å². The van der Waals surface area contributed by atoms with Crippen molar-refractivity contribution in [2.24, 2.45) is 5.11 Å². The molecule has 206 valence electrons. The van der Waals surface area contributed by atoms with Gasteiger partial charge in [-0.2, -0.15) is 0 Å². The summed E-state index contributed by atoms with van der Waals surface area (Å²) in [4.78, 5) is 2.83. The molecule has 0 aliphatic carbocycles. The number of hydrogen-bond donors (Lipinski definition) is 0. The first kappa shape index (κ1) is 28.8. The summed E-state index contributed by atoms with van der Waals surface area (Å²) < 4.78 is 36.0. The lowest BCUT2D eigenvalue weighted by Gasteiger charge is -2.10. The molecule has 38 heavy (non-hydrogen) atoms. The van der Waals surface area contributed by atoms with E-state index in [9.17, 15) is 0 Å². The fraction of sp³-hybridized carbons (Fsp3) is 0.565. The topological polar surface area (TPSA) is 166 Å². The summed E-state index contributed by atoms with van der Waals surface area (Å²) in [7, 11) is 3.26. The van der Waals surface area contributed by atoms with Crippen molar-refractivity contribution in [3.05, 3.63) is 58.0 Å². The minimum atomic E-state index is 0.155. The predicted octanol–water partition coefficient (Wildman–Crippen LogP) is 2.16. The van der Waals surface area contributed by atoms with Gasteiger partial charge in [-0.15, -0.1) is 10.2 Å². The van der Waals surface area contributed by atoms with Gasteiger partial charge in [0.2, 0.25) is 0 Å². The number of hydrogen-bond acceptors (Lipinski definition) is 11. The molecular formula is C23H33N9O6. The Kier molecular flexibility index (Phi) is 12.8. The number of ether oxygens (including phenoxy) is 6. The Morgan fingerprint density at radius 1 is 0.763 bits per heavy atom. The fourth-order valence-corrected chi connectivity index (χ4v) is 3.15. The van der Waals surface area contributed by atoms with Gasteiger partial charge in [-0.25, -0.2) is 9.36 Å². The van der Waals surface area contributed by atoms with E-state index < -0.39 is 0 Å². The third kappa shape index (κ3) is 10.7. The molecule has 2 heterocycles. The molecule has 1 aromatic carbocycles. The van der Waals surface area contributed by atoms with Crippen LogP contribution in [0.2, 0.25) is 0 Å². The SMILES string of the molecule is COCCOCCn1cc(COc2cc(CN=[N+]=[N-])cc(OCc3cn(CCOCCOC)nn3)c2)nn1. The van der Waals surface area contributed by atoms with Crippen LogP contribution in [0.15, 0.2) is 35.7 Å². The van der Waals surface area contributed by atoms with Crippen LogP contribution in [0, 0.1) is 0 Å². The lowest BCUT2D eigenvalue weighted by atomic mass is 10.2. The van der Waals surface area contributed by atoms with Gasteiger partial charge in [0.25, 0.3) is 0 Å². The van der Waals surface area contributed by atoms with E-state index in [1.807, 2.05) is 0 Å². The normalized spacial score (nSPS) is 10.9. The van der Waals surface area contributed by atoms with Crippen molar-refractivity contribution in [1.82, 2.24) is 30.0 Å². The van der Waals surface area contributed by atoms with Crippen molar-refractivity contribution in [3.63, 3.8) is 0 Å². The van der Waals surface area contributed by atoms with Crippen LogP contribution < -0.4 is 9.47 Å². The summed E-state index contributed by atoms with van der Waals surface area (Å²) >= 11 is 0. The highest BCUT2D eigenvalue weighted by atomic mass is 16.5. The molecule has 15 nitrogen and oxygen atoms in total. The van der Waals surface area contributed by atoms with E-state index in [1.165, 1.54) is 0 Å². The second-order valence-electron chi connectivity index (χ2n) is 7.94. The summed E-state index contributed by atoms with van der Waals surface area (Å²) in [6.07, 6.45) is 3.60. The van der Waals surface area contributed by atoms with Crippen molar-refractivity contribution in [3.8, 4) is 11.5 Å². The molecule has 0 radical (unpaired) electrons. The molecule has 0 saturated carbocycles. The van der Waals surface area contributed by atoms with E-state index in [0.717, 1.165) is 5.56 Å². The van der Waals surface area contributed by atoms with Crippen molar-refractivity contribution in [1.29, 1.82) is 0 Å². The Labute approximate surface area is 220 Å². The molecule has 0 bridgehead atoms. The van der Waals surface area contributed by atoms with Crippen LogP contribution >= 0.6 is 0 Å². The maximum Gasteiger partial charge on any atom is 0.134 e. The number of nitrogens with zero attached hydrogens (tertiary/aromatic N) is 9. The van der Waals surface area contributed by atoms with Gasteiger partial charge in [-0.05, 0) is 23.2 Å². The summed E-state index contributed by atoms with van der Waals surface area (Å²) in [5.74, 6) is 1.08. The Morgan fingerprint density at radius 2 is 1.29 bits per heavy atom. The molecule has 0 spiro atoms. The van der Waals surface area contributed by atoms with Crippen molar-refractivity contribution in [2.75, 3.05) is 53.9 Å². The van der Waals surface area contributed by atoms with Gasteiger partial charge in [0, 0.05) is 25.2 Å². The van der Waals surface area contributed by atoms with Gasteiger partial charge >= 0.3 is 0 Å². The van der Waals surface area contributed by atoms with E-state index in [4.69, 9.17) is 34.0 Å². The highest BCUT2D eigenvalue weighted by Gasteiger charge is 2.08. The first-order valence-electron chi connectivity index (χ1n) is 12.0. The number of aromatic nitrogens is 6. The van der Waals surface area contributed by atoms with E-state index in [0.29, 0.717) is 75.6 Å². The van der Waals surface area contributed by atoms with Crippen LogP contribution in [0.5, 0.6) is 11.5 Å². The molecular weight excluding hydrogens is 498 g/mol. The second kappa shape index (κ2) is 16.9. The standard InChI is InChI=1S/C23H33N9O6/c1-33-7-9-35-5-3-31-15-20(26-29-31)17-37-22-11-19(14-25-28-24)12-23(13-22)38-18-21-16-32(30-27-21)4-6-36-10-8-34-2/h11-13,15-16H,3-10,14,17-18H2,1-2H3. The van der Waals surface area contributed by atoms with Crippen molar-refractivity contribution >= 4 is 0 Å². The Bertz CT molecular complexity index is 1060.